The fraction of sp³-hybridized carbons (Fsp3) is 0.500. The second-order valence-corrected chi connectivity index (χ2v) is 4.46. The summed E-state index contributed by atoms with van der Waals surface area (Å²) in [5.74, 6) is 1.43. The maximum atomic E-state index is 6.07. The molecule has 0 amide bonds. The van der Waals surface area contributed by atoms with Crippen LogP contribution in [0, 0.1) is 0 Å². The van der Waals surface area contributed by atoms with Crippen molar-refractivity contribution in [2.24, 2.45) is 0 Å². The van der Waals surface area contributed by atoms with E-state index in [-0.39, 0.29) is 6.10 Å². The minimum Gasteiger partial charge on any atom is -0.486 e. The first-order valence-electron chi connectivity index (χ1n) is 5.28. The Balaban J connectivity index is 2.21. The third-order valence-corrected chi connectivity index (χ3v) is 2.40. The standard InChI is InChI=1S/C12H15ClO2/c1-8(2)14-12-10(13)4-3-5-11(12)15-9-6-7-9/h3-5,8-9H,6-7H2,1-2H3. The Morgan fingerprint density at radius 2 is 2.07 bits per heavy atom. The van der Waals surface area contributed by atoms with Gasteiger partial charge in [0.2, 0.25) is 0 Å². The molecule has 0 N–H and O–H groups in total. The summed E-state index contributed by atoms with van der Waals surface area (Å²) in [6.07, 6.45) is 2.73. The van der Waals surface area contributed by atoms with Crippen molar-refractivity contribution in [3.63, 3.8) is 0 Å². The van der Waals surface area contributed by atoms with Crippen LogP contribution in [0.4, 0.5) is 0 Å². The third-order valence-electron chi connectivity index (χ3n) is 2.10. The van der Waals surface area contributed by atoms with Crippen LogP contribution in [-0.2, 0) is 0 Å². The second kappa shape index (κ2) is 4.31. The van der Waals surface area contributed by atoms with Gasteiger partial charge in [-0.25, -0.2) is 0 Å². The van der Waals surface area contributed by atoms with E-state index in [1.54, 1.807) is 0 Å². The lowest BCUT2D eigenvalue weighted by molar-refractivity contribution is 0.218. The zero-order valence-electron chi connectivity index (χ0n) is 9.00. The van der Waals surface area contributed by atoms with Crippen molar-refractivity contribution < 1.29 is 9.47 Å². The van der Waals surface area contributed by atoms with Crippen LogP contribution in [0.15, 0.2) is 18.2 Å². The smallest absolute Gasteiger partial charge is 0.180 e. The fourth-order valence-corrected chi connectivity index (χ4v) is 1.51. The lowest BCUT2D eigenvalue weighted by Gasteiger charge is -2.15. The molecule has 3 heteroatoms. The summed E-state index contributed by atoms with van der Waals surface area (Å²) >= 11 is 6.07. The Bertz CT molecular complexity index is 345. The number of benzene rings is 1. The minimum absolute atomic E-state index is 0.103. The van der Waals surface area contributed by atoms with Crippen molar-refractivity contribution in [1.82, 2.24) is 0 Å². The van der Waals surface area contributed by atoms with E-state index in [1.165, 1.54) is 0 Å². The molecule has 0 atom stereocenters. The Morgan fingerprint density at radius 3 is 2.67 bits per heavy atom. The van der Waals surface area contributed by atoms with Gasteiger partial charge in [0.05, 0.1) is 17.2 Å². The summed E-state index contributed by atoms with van der Waals surface area (Å²) in [5, 5.41) is 0.613. The molecule has 2 rings (SSSR count). The zero-order valence-corrected chi connectivity index (χ0v) is 9.75. The Morgan fingerprint density at radius 1 is 1.33 bits per heavy atom. The van der Waals surface area contributed by atoms with Gasteiger partial charge in [0.15, 0.2) is 11.5 Å². The fourth-order valence-electron chi connectivity index (χ4n) is 1.30. The van der Waals surface area contributed by atoms with E-state index in [0.29, 0.717) is 16.9 Å². The van der Waals surface area contributed by atoms with Crippen molar-refractivity contribution in [3.8, 4) is 11.5 Å². The Kier molecular flexibility index (Phi) is 3.06. The summed E-state index contributed by atoms with van der Waals surface area (Å²) in [4.78, 5) is 0. The molecule has 1 fully saturated rings. The second-order valence-electron chi connectivity index (χ2n) is 4.05. The lowest BCUT2D eigenvalue weighted by atomic mass is 10.3. The number of ether oxygens (including phenoxy) is 2. The number of hydrogen-bond acceptors (Lipinski definition) is 2. The molecular weight excluding hydrogens is 212 g/mol. The minimum atomic E-state index is 0.103. The van der Waals surface area contributed by atoms with E-state index < -0.39 is 0 Å². The predicted octanol–water partition coefficient (Wildman–Crippen LogP) is 3.67. The highest BCUT2D eigenvalue weighted by molar-refractivity contribution is 6.32. The number of para-hydroxylation sites is 1. The van der Waals surface area contributed by atoms with Crippen LogP contribution in [0.3, 0.4) is 0 Å². The molecule has 1 aliphatic carbocycles. The number of halogens is 1. The van der Waals surface area contributed by atoms with Gasteiger partial charge in [-0.15, -0.1) is 0 Å². The molecule has 0 unspecified atom stereocenters. The molecular formula is C12H15ClO2. The Labute approximate surface area is 95.1 Å². The first-order chi connectivity index (χ1) is 7.16. The highest BCUT2D eigenvalue weighted by Crippen LogP contribution is 2.38. The largest absolute Gasteiger partial charge is 0.486 e. The molecule has 1 saturated carbocycles. The zero-order chi connectivity index (χ0) is 10.8. The highest BCUT2D eigenvalue weighted by atomic mass is 35.5. The van der Waals surface area contributed by atoms with Crippen LogP contribution in [0.1, 0.15) is 26.7 Å². The molecule has 0 spiro atoms. The number of hydrogen-bond donors (Lipinski definition) is 0. The maximum Gasteiger partial charge on any atom is 0.180 e. The average molecular weight is 227 g/mol. The van der Waals surface area contributed by atoms with Gasteiger partial charge in [0.1, 0.15) is 0 Å². The van der Waals surface area contributed by atoms with Gasteiger partial charge in [0.25, 0.3) is 0 Å². The monoisotopic (exact) mass is 226 g/mol. The molecule has 82 valence electrons. The highest BCUT2D eigenvalue weighted by Gasteiger charge is 2.25. The van der Waals surface area contributed by atoms with Gasteiger partial charge in [-0.05, 0) is 38.8 Å². The van der Waals surface area contributed by atoms with E-state index >= 15 is 0 Å². The molecule has 0 heterocycles. The van der Waals surface area contributed by atoms with Gasteiger partial charge in [-0.2, -0.15) is 0 Å². The van der Waals surface area contributed by atoms with Gasteiger partial charge in [0, 0.05) is 0 Å². The lowest BCUT2D eigenvalue weighted by Crippen LogP contribution is -2.08. The van der Waals surface area contributed by atoms with E-state index in [4.69, 9.17) is 21.1 Å². The van der Waals surface area contributed by atoms with Crippen molar-refractivity contribution in [2.45, 2.75) is 38.9 Å². The predicted molar refractivity (Wildman–Crippen MR) is 60.9 cm³/mol. The van der Waals surface area contributed by atoms with Crippen LogP contribution in [0.5, 0.6) is 11.5 Å². The summed E-state index contributed by atoms with van der Waals surface area (Å²) in [6, 6.07) is 5.61. The van der Waals surface area contributed by atoms with Crippen LogP contribution in [0.2, 0.25) is 5.02 Å². The van der Waals surface area contributed by atoms with E-state index in [1.807, 2.05) is 32.0 Å². The quantitative estimate of drug-likeness (QED) is 0.780. The van der Waals surface area contributed by atoms with Gasteiger partial charge < -0.3 is 9.47 Å². The summed E-state index contributed by atoms with van der Waals surface area (Å²) in [5.41, 5.74) is 0. The van der Waals surface area contributed by atoms with Gasteiger partial charge in [-0.1, -0.05) is 17.7 Å². The first kappa shape index (κ1) is 10.6. The molecule has 1 aromatic rings. The molecule has 0 aromatic heterocycles. The third kappa shape index (κ3) is 2.78. The Hall–Kier alpha value is -0.890. The molecule has 0 radical (unpaired) electrons. The molecule has 1 aromatic carbocycles. The van der Waals surface area contributed by atoms with Crippen LogP contribution < -0.4 is 9.47 Å². The summed E-state index contributed by atoms with van der Waals surface area (Å²) in [6.45, 7) is 3.95. The molecule has 0 aliphatic heterocycles. The average Bonchev–Trinajstić information content (AvgIpc) is 2.94. The maximum absolute atomic E-state index is 6.07. The first-order valence-corrected chi connectivity index (χ1v) is 5.66. The molecule has 0 bridgehead atoms. The van der Waals surface area contributed by atoms with Gasteiger partial charge >= 0.3 is 0 Å². The van der Waals surface area contributed by atoms with E-state index in [9.17, 15) is 0 Å². The normalized spacial score (nSPS) is 15.5. The van der Waals surface area contributed by atoms with Gasteiger partial charge in [-0.3, -0.25) is 0 Å². The molecule has 15 heavy (non-hydrogen) atoms. The summed E-state index contributed by atoms with van der Waals surface area (Å²) in [7, 11) is 0. The van der Waals surface area contributed by atoms with E-state index in [0.717, 1.165) is 18.6 Å². The van der Waals surface area contributed by atoms with Crippen LogP contribution in [-0.4, -0.2) is 12.2 Å². The van der Waals surface area contributed by atoms with E-state index in [2.05, 4.69) is 0 Å². The topological polar surface area (TPSA) is 18.5 Å². The van der Waals surface area contributed by atoms with Crippen molar-refractivity contribution >= 4 is 11.6 Å². The summed E-state index contributed by atoms with van der Waals surface area (Å²) < 4.78 is 11.4. The van der Waals surface area contributed by atoms with Crippen LogP contribution in [0.25, 0.3) is 0 Å². The van der Waals surface area contributed by atoms with Crippen LogP contribution >= 0.6 is 11.6 Å². The molecule has 1 aliphatic rings. The van der Waals surface area contributed by atoms with Crippen molar-refractivity contribution in [2.75, 3.05) is 0 Å². The molecule has 0 saturated heterocycles. The van der Waals surface area contributed by atoms with Crippen molar-refractivity contribution in [1.29, 1.82) is 0 Å². The molecule has 2 nitrogen and oxygen atoms in total. The number of rotatable bonds is 4. The van der Waals surface area contributed by atoms with Crippen molar-refractivity contribution in [3.05, 3.63) is 23.2 Å². The SMILES string of the molecule is CC(C)Oc1c(Cl)cccc1OC1CC1.